The Bertz CT molecular complexity index is 1000. The molecule has 1 aromatic carbocycles. The molecule has 1 saturated carbocycles. The monoisotopic (exact) mass is 489 g/mol. The molecule has 3 N–H and O–H groups in total. The van der Waals surface area contributed by atoms with Crippen LogP contribution in [-0.2, 0) is 19.1 Å². The Morgan fingerprint density at radius 2 is 1.79 bits per heavy atom. The van der Waals surface area contributed by atoms with Crippen molar-refractivity contribution in [1.29, 1.82) is 0 Å². The minimum atomic E-state index is -3.24. The highest BCUT2D eigenvalue weighted by Gasteiger charge is 2.68. The van der Waals surface area contributed by atoms with Crippen LogP contribution in [0.5, 0.6) is 0 Å². The first-order valence-corrected chi connectivity index (χ1v) is 10.9. The second kappa shape index (κ2) is 8.83. The van der Waals surface area contributed by atoms with E-state index in [9.17, 15) is 42.2 Å². The first kappa shape index (κ1) is 25.9. The Morgan fingerprint density at radius 1 is 1.18 bits per heavy atom. The van der Waals surface area contributed by atoms with Gasteiger partial charge in [-0.25, -0.2) is 17.6 Å². The Kier molecular flexibility index (Phi) is 6.73. The smallest absolute Gasteiger partial charge is 0.312 e. The molecule has 1 heterocycles. The summed E-state index contributed by atoms with van der Waals surface area (Å²) in [6.07, 6.45) is -0.921. The quantitative estimate of drug-likeness (QED) is 0.379. The Hall–Kier alpha value is -2.69. The number of carbonyl (C=O) groups is 3. The lowest BCUT2D eigenvalue weighted by molar-refractivity contribution is -0.177. The van der Waals surface area contributed by atoms with Crippen molar-refractivity contribution in [3.05, 3.63) is 35.1 Å². The van der Waals surface area contributed by atoms with Crippen molar-refractivity contribution in [2.45, 2.75) is 63.5 Å². The van der Waals surface area contributed by atoms with E-state index in [1.807, 2.05) is 0 Å². The summed E-state index contributed by atoms with van der Waals surface area (Å²) in [7, 11) is 0. The van der Waals surface area contributed by atoms with Gasteiger partial charge in [-0.05, 0) is 25.0 Å². The van der Waals surface area contributed by atoms with Gasteiger partial charge in [0.1, 0.15) is 19.1 Å². The van der Waals surface area contributed by atoms with Crippen LogP contribution in [-0.4, -0.2) is 59.4 Å². The maximum atomic E-state index is 15.0. The molecule has 0 spiro atoms. The van der Waals surface area contributed by atoms with Gasteiger partial charge in [0, 0.05) is 24.8 Å². The summed E-state index contributed by atoms with van der Waals surface area (Å²) in [6, 6.07) is 0.602. The molecule has 0 amide bonds. The van der Waals surface area contributed by atoms with E-state index in [4.69, 9.17) is 4.74 Å². The molecule has 0 aromatic heterocycles. The highest BCUT2D eigenvalue weighted by atomic mass is 19.3. The van der Waals surface area contributed by atoms with Crippen LogP contribution in [0, 0.1) is 16.6 Å². The summed E-state index contributed by atoms with van der Waals surface area (Å²) in [6.45, 7) is 1.88. The third-order valence-corrected chi connectivity index (χ3v) is 7.49. The number of carboxylic acids is 2. The zero-order valence-corrected chi connectivity index (χ0v) is 18.9. The zero-order valence-electron chi connectivity index (χ0n) is 18.9. The molecule has 188 valence electrons. The molecule has 1 aliphatic heterocycles. The van der Waals surface area contributed by atoms with E-state index in [1.165, 1.54) is 19.1 Å². The molecule has 34 heavy (non-hydrogen) atoms. The molecule has 3 rings (SSSR count). The number of hydrogen-bond donors (Lipinski definition) is 3. The fraction of sp³-hybridized carbons (Fsp3) is 0.609. The highest BCUT2D eigenvalue weighted by molar-refractivity contribution is 5.84. The molecule has 1 aromatic rings. The van der Waals surface area contributed by atoms with Gasteiger partial charge in [0.25, 0.3) is 5.92 Å². The minimum absolute atomic E-state index is 0.218. The highest BCUT2D eigenvalue weighted by Crippen LogP contribution is 2.62. The molecule has 0 radical (unpaired) electrons. The van der Waals surface area contributed by atoms with Crippen molar-refractivity contribution in [1.82, 2.24) is 5.32 Å². The fourth-order valence-electron chi connectivity index (χ4n) is 5.55. The SMILES string of the molecule is CCC1(C(=O)O)C(COC(C)=O)NC(CF)C(C)(C(=O)O)C1c1cccc(F)c1C1CC1(F)F. The van der Waals surface area contributed by atoms with Gasteiger partial charge >= 0.3 is 17.9 Å². The summed E-state index contributed by atoms with van der Waals surface area (Å²) in [5.41, 5.74) is -4.93. The summed E-state index contributed by atoms with van der Waals surface area (Å²) in [5, 5.41) is 23.4. The van der Waals surface area contributed by atoms with Crippen molar-refractivity contribution < 1.29 is 46.9 Å². The molecule has 0 bridgehead atoms. The maximum absolute atomic E-state index is 15.0. The summed E-state index contributed by atoms with van der Waals surface area (Å²) < 4.78 is 62.4. The molecular weight excluding hydrogens is 462 g/mol. The van der Waals surface area contributed by atoms with Gasteiger partial charge in [0.05, 0.1) is 28.8 Å². The normalized spacial score (nSPS) is 34.3. The zero-order chi connectivity index (χ0) is 25.6. The van der Waals surface area contributed by atoms with Gasteiger partial charge in [-0.15, -0.1) is 0 Å². The fourth-order valence-corrected chi connectivity index (χ4v) is 5.55. The number of carboxylic acid groups (broad SMARTS) is 2. The van der Waals surface area contributed by atoms with Crippen LogP contribution in [0.3, 0.4) is 0 Å². The standard InChI is InChI=1S/C23H27F4NO6/c1-4-22(20(32)33)16(10-34-11(2)29)28-15(9-24)21(3,19(30)31)18(22)12-6-5-7-14(25)17(12)13-8-23(13,26)27/h5-7,13,15-16,18,28H,4,8-10H2,1-3H3,(H,30,31)(H,32,33). The van der Waals surface area contributed by atoms with Gasteiger partial charge in [-0.2, -0.15) is 0 Å². The minimum Gasteiger partial charge on any atom is -0.481 e. The molecule has 6 unspecified atom stereocenters. The molecular formula is C23H27F4NO6. The van der Waals surface area contributed by atoms with Crippen molar-refractivity contribution in [3.63, 3.8) is 0 Å². The number of ether oxygens (including phenoxy) is 1. The first-order valence-electron chi connectivity index (χ1n) is 10.9. The number of benzene rings is 1. The molecule has 11 heteroatoms. The van der Waals surface area contributed by atoms with Crippen LogP contribution in [0.25, 0.3) is 0 Å². The van der Waals surface area contributed by atoms with Crippen molar-refractivity contribution in [2.75, 3.05) is 13.3 Å². The van der Waals surface area contributed by atoms with Gasteiger partial charge in [-0.1, -0.05) is 19.1 Å². The van der Waals surface area contributed by atoms with E-state index in [0.29, 0.717) is 0 Å². The van der Waals surface area contributed by atoms with Crippen molar-refractivity contribution in [2.24, 2.45) is 10.8 Å². The maximum Gasteiger partial charge on any atom is 0.312 e. The second-order valence-electron chi connectivity index (χ2n) is 9.21. The van der Waals surface area contributed by atoms with Gasteiger partial charge < -0.3 is 20.3 Å². The number of esters is 1. The van der Waals surface area contributed by atoms with Crippen LogP contribution in [0.15, 0.2) is 18.2 Å². The molecule has 2 aliphatic rings. The second-order valence-corrected chi connectivity index (χ2v) is 9.21. The van der Waals surface area contributed by atoms with Crippen molar-refractivity contribution in [3.8, 4) is 0 Å². The lowest BCUT2D eigenvalue weighted by Crippen LogP contribution is -2.71. The topological polar surface area (TPSA) is 113 Å². The van der Waals surface area contributed by atoms with Crippen LogP contribution in [0.2, 0.25) is 0 Å². The molecule has 6 atom stereocenters. The Balaban J connectivity index is 2.36. The molecule has 1 aliphatic carbocycles. The predicted octanol–water partition coefficient (Wildman–Crippen LogP) is 3.48. The van der Waals surface area contributed by atoms with E-state index >= 15 is 0 Å². The average molecular weight is 489 g/mol. The summed E-state index contributed by atoms with van der Waals surface area (Å²) in [5.74, 6) is -11.3. The predicted molar refractivity (Wildman–Crippen MR) is 111 cm³/mol. The van der Waals surface area contributed by atoms with E-state index in [-0.39, 0.29) is 12.0 Å². The number of piperidine rings is 1. The van der Waals surface area contributed by atoms with Crippen molar-refractivity contribution >= 4 is 17.9 Å². The largest absolute Gasteiger partial charge is 0.481 e. The van der Waals surface area contributed by atoms with Gasteiger partial charge in [0.15, 0.2) is 0 Å². The molecule has 2 fully saturated rings. The van der Waals surface area contributed by atoms with E-state index in [0.717, 1.165) is 19.9 Å². The summed E-state index contributed by atoms with van der Waals surface area (Å²) in [4.78, 5) is 36.9. The molecule has 7 nitrogen and oxygen atoms in total. The lowest BCUT2D eigenvalue weighted by Gasteiger charge is -2.56. The molecule has 1 saturated heterocycles. The third-order valence-electron chi connectivity index (χ3n) is 7.49. The first-order chi connectivity index (χ1) is 15.8. The summed E-state index contributed by atoms with van der Waals surface area (Å²) >= 11 is 0. The number of rotatable bonds is 8. The van der Waals surface area contributed by atoms with Crippen LogP contribution < -0.4 is 5.32 Å². The van der Waals surface area contributed by atoms with E-state index in [1.54, 1.807) is 0 Å². The van der Waals surface area contributed by atoms with Gasteiger partial charge in [-0.3, -0.25) is 14.4 Å². The Labute approximate surface area is 193 Å². The van der Waals surface area contributed by atoms with E-state index in [2.05, 4.69) is 5.32 Å². The Morgan fingerprint density at radius 3 is 2.24 bits per heavy atom. The van der Waals surface area contributed by atoms with E-state index < -0.39 is 89.7 Å². The number of halogens is 4. The van der Waals surface area contributed by atoms with Crippen LogP contribution in [0.1, 0.15) is 56.6 Å². The third kappa shape index (κ3) is 3.83. The number of hydrogen-bond acceptors (Lipinski definition) is 5. The number of aliphatic carboxylic acids is 2. The number of carbonyl (C=O) groups excluding carboxylic acids is 1. The number of nitrogens with one attached hydrogen (secondary N) is 1. The lowest BCUT2D eigenvalue weighted by atomic mass is 9.50. The van der Waals surface area contributed by atoms with Gasteiger partial charge in [0.2, 0.25) is 0 Å². The number of alkyl halides is 3. The van der Waals surface area contributed by atoms with Crippen LogP contribution >= 0.6 is 0 Å². The van der Waals surface area contributed by atoms with Crippen LogP contribution in [0.4, 0.5) is 17.6 Å². The average Bonchev–Trinajstić information content (AvgIpc) is 3.38.